The van der Waals surface area contributed by atoms with Gasteiger partial charge in [0.15, 0.2) is 0 Å². The molecular formula is C20H40N2O. The van der Waals surface area contributed by atoms with Gasteiger partial charge < -0.3 is 4.90 Å². The van der Waals surface area contributed by atoms with Crippen LogP contribution in [0.15, 0.2) is 0 Å². The molecule has 0 aromatic rings. The summed E-state index contributed by atoms with van der Waals surface area (Å²) < 4.78 is 0. The molecule has 1 aliphatic heterocycles. The lowest BCUT2D eigenvalue weighted by Gasteiger charge is -2.65. The molecule has 1 aliphatic rings. The predicted molar refractivity (Wildman–Crippen MR) is 99.7 cm³/mol. The van der Waals surface area contributed by atoms with Crippen LogP contribution in [0.1, 0.15) is 94.9 Å². The topological polar surface area (TPSA) is 23.6 Å². The highest BCUT2D eigenvalue weighted by atomic mass is 16.2. The summed E-state index contributed by atoms with van der Waals surface area (Å²) in [6.07, 6.45) is 3.88. The third-order valence-electron chi connectivity index (χ3n) is 5.96. The number of rotatable bonds is 4. The van der Waals surface area contributed by atoms with Crippen molar-refractivity contribution in [3.05, 3.63) is 0 Å². The van der Waals surface area contributed by atoms with Crippen LogP contribution < -0.4 is 0 Å². The van der Waals surface area contributed by atoms with Crippen molar-refractivity contribution in [3.63, 3.8) is 0 Å². The fourth-order valence-corrected chi connectivity index (χ4v) is 4.79. The van der Waals surface area contributed by atoms with Crippen LogP contribution in [-0.4, -0.2) is 44.4 Å². The summed E-state index contributed by atoms with van der Waals surface area (Å²) in [5.74, 6) is 0.322. The molecule has 0 N–H and O–H groups in total. The summed E-state index contributed by atoms with van der Waals surface area (Å²) >= 11 is 0. The third kappa shape index (κ3) is 3.18. The van der Waals surface area contributed by atoms with E-state index in [0.717, 1.165) is 32.2 Å². The van der Waals surface area contributed by atoms with E-state index in [-0.39, 0.29) is 16.6 Å². The van der Waals surface area contributed by atoms with Gasteiger partial charge in [0.2, 0.25) is 5.91 Å². The predicted octanol–water partition coefficient (Wildman–Crippen LogP) is 4.85. The SMILES string of the molecule is CCC1(CC)CN(C(C)(C)C)C(=O)C(CC)(CC)N1C(C)(C)C. The summed E-state index contributed by atoms with van der Waals surface area (Å²) in [5.41, 5.74) is -0.509. The highest BCUT2D eigenvalue weighted by molar-refractivity contribution is 5.88. The molecule has 1 amide bonds. The molecule has 0 aromatic carbocycles. The molecule has 0 radical (unpaired) electrons. The van der Waals surface area contributed by atoms with Crippen molar-refractivity contribution in [1.29, 1.82) is 0 Å². The van der Waals surface area contributed by atoms with Gasteiger partial charge in [-0.05, 0) is 67.2 Å². The normalized spacial score (nSPS) is 22.5. The molecule has 3 nitrogen and oxygen atoms in total. The van der Waals surface area contributed by atoms with Gasteiger partial charge in [0, 0.05) is 23.2 Å². The third-order valence-corrected chi connectivity index (χ3v) is 5.96. The first kappa shape index (κ1) is 20.5. The van der Waals surface area contributed by atoms with Gasteiger partial charge in [0.25, 0.3) is 0 Å². The molecule has 0 saturated carbocycles. The number of hydrogen-bond acceptors (Lipinski definition) is 2. The van der Waals surface area contributed by atoms with E-state index in [1.807, 2.05) is 0 Å². The van der Waals surface area contributed by atoms with Gasteiger partial charge in [-0.2, -0.15) is 0 Å². The summed E-state index contributed by atoms with van der Waals surface area (Å²) in [6, 6.07) is 0. The van der Waals surface area contributed by atoms with Crippen molar-refractivity contribution in [2.24, 2.45) is 0 Å². The summed E-state index contributed by atoms with van der Waals surface area (Å²) in [5, 5.41) is 0. The molecule has 3 heteroatoms. The number of carbonyl (C=O) groups is 1. The Labute approximate surface area is 144 Å². The van der Waals surface area contributed by atoms with Crippen molar-refractivity contribution >= 4 is 5.91 Å². The molecule has 0 spiro atoms. The van der Waals surface area contributed by atoms with E-state index in [4.69, 9.17) is 0 Å². The van der Waals surface area contributed by atoms with E-state index < -0.39 is 5.54 Å². The van der Waals surface area contributed by atoms with Gasteiger partial charge in [-0.3, -0.25) is 9.69 Å². The van der Waals surface area contributed by atoms with Gasteiger partial charge in [0.05, 0.1) is 0 Å². The number of amides is 1. The van der Waals surface area contributed by atoms with E-state index in [1.54, 1.807) is 0 Å². The molecule has 0 atom stereocenters. The van der Waals surface area contributed by atoms with E-state index in [2.05, 4.69) is 79.0 Å². The second kappa shape index (κ2) is 6.38. The van der Waals surface area contributed by atoms with Crippen LogP contribution in [-0.2, 0) is 4.79 Å². The van der Waals surface area contributed by atoms with E-state index in [9.17, 15) is 4.79 Å². The molecule has 136 valence electrons. The standard InChI is InChI=1S/C20H40N2O/c1-11-19(12-2)15-21(17(5,6)7)16(23)20(13-3,14-4)22(19)18(8,9)10/h11-15H2,1-10H3. The van der Waals surface area contributed by atoms with Crippen molar-refractivity contribution in [1.82, 2.24) is 9.80 Å². The Morgan fingerprint density at radius 1 is 0.826 bits per heavy atom. The van der Waals surface area contributed by atoms with E-state index >= 15 is 0 Å². The lowest BCUT2D eigenvalue weighted by atomic mass is 9.72. The lowest BCUT2D eigenvalue weighted by Crippen LogP contribution is -2.79. The fraction of sp³-hybridized carbons (Fsp3) is 0.950. The first-order valence-electron chi connectivity index (χ1n) is 9.48. The summed E-state index contributed by atoms with van der Waals surface area (Å²) in [7, 11) is 0. The van der Waals surface area contributed by atoms with Crippen molar-refractivity contribution in [3.8, 4) is 0 Å². The first-order chi connectivity index (χ1) is 10.4. The van der Waals surface area contributed by atoms with Gasteiger partial charge in [-0.25, -0.2) is 0 Å². The molecule has 1 heterocycles. The van der Waals surface area contributed by atoms with Gasteiger partial charge in [-0.1, -0.05) is 27.7 Å². The average Bonchev–Trinajstić information content (AvgIpc) is 2.45. The molecule has 1 saturated heterocycles. The molecule has 0 bridgehead atoms. The molecule has 23 heavy (non-hydrogen) atoms. The number of hydrogen-bond donors (Lipinski definition) is 0. The zero-order valence-electron chi connectivity index (χ0n) is 17.3. The Hall–Kier alpha value is -0.570. The molecule has 0 aliphatic carbocycles. The maximum atomic E-state index is 13.6. The average molecular weight is 325 g/mol. The number of carbonyl (C=O) groups excluding carboxylic acids is 1. The van der Waals surface area contributed by atoms with Crippen LogP contribution in [0.5, 0.6) is 0 Å². The largest absolute Gasteiger partial charge is 0.334 e. The summed E-state index contributed by atoms with van der Waals surface area (Å²) in [4.78, 5) is 18.4. The van der Waals surface area contributed by atoms with Crippen LogP contribution in [0.2, 0.25) is 0 Å². The van der Waals surface area contributed by atoms with Crippen LogP contribution in [0, 0.1) is 0 Å². The minimum absolute atomic E-state index is 0.0301. The van der Waals surface area contributed by atoms with E-state index in [1.165, 1.54) is 0 Å². The Kier molecular flexibility index (Phi) is 5.68. The highest BCUT2D eigenvalue weighted by Gasteiger charge is 2.60. The van der Waals surface area contributed by atoms with E-state index in [0.29, 0.717) is 5.91 Å². The fourth-order valence-electron chi connectivity index (χ4n) is 4.79. The van der Waals surface area contributed by atoms with Crippen molar-refractivity contribution in [2.45, 2.75) is 117 Å². The zero-order valence-corrected chi connectivity index (χ0v) is 17.3. The quantitative estimate of drug-likeness (QED) is 0.738. The van der Waals surface area contributed by atoms with Gasteiger partial charge in [-0.15, -0.1) is 0 Å². The maximum Gasteiger partial charge on any atom is 0.243 e. The van der Waals surface area contributed by atoms with Crippen LogP contribution >= 0.6 is 0 Å². The lowest BCUT2D eigenvalue weighted by molar-refractivity contribution is -0.192. The number of nitrogens with zero attached hydrogens (tertiary/aromatic N) is 2. The molecular weight excluding hydrogens is 284 g/mol. The number of piperazine rings is 1. The molecule has 1 fully saturated rings. The highest BCUT2D eigenvalue weighted by Crippen LogP contribution is 2.47. The van der Waals surface area contributed by atoms with Crippen molar-refractivity contribution < 1.29 is 4.79 Å². The second-order valence-corrected chi connectivity index (χ2v) is 9.24. The minimum Gasteiger partial charge on any atom is -0.334 e. The second-order valence-electron chi connectivity index (χ2n) is 9.24. The first-order valence-corrected chi connectivity index (χ1v) is 9.48. The molecule has 1 rings (SSSR count). The summed E-state index contributed by atoms with van der Waals surface area (Å²) in [6.45, 7) is 23.1. The maximum absolute atomic E-state index is 13.6. The monoisotopic (exact) mass is 324 g/mol. The Balaban J connectivity index is 3.67. The minimum atomic E-state index is -0.393. The zero-order chi connectivity index (χ0) is 18.3. The van der Waals surface area contributed by atoms with Crippen LogP contribution in [0.4, 0.5) is 0 Å². The van der Waals surface area contributed by atoms with Gasteiger partial charge >= 0.3 is 0 Å². The smallest absolute Gasteiger partial charge is 0.243 e. The Morgan fingerprint density at radius 2 is 1.26 bits per heavy atom. The van der Waals surface area contributed by atoms with Crippen LogP contribution in [0.3, 0.4) is 0 Å². The van der Waals surface area contributed by atoms with Crippen molar-refractivity contribution in [2.75, 3.05) is 6.54 Å². The molecule has 0 unspecified atom stereocenters. The Bertz CT molecular complexity index is 420. The Morgan fingerprint density at radius 3 is 1.52 bits per heavy atom. The van der Waals surface area contributed by atoms with Gasteiger partial charge in [0.1, 0.15) is 5.54 Å². The molecule has 0 aromatic heterocycles. The van der Waals surface area contributed by atoms with Crippen LogP contribution in [0.25, 0.3) is 0 Å².